The summed E-state index contributed by atoms with van der Waals surface area (Å²) in [5.41, 5.74) is 4.24. The number of hydrogen-bond donors (Lipinski definition) is 1. The number of aryl methyl sites for hydroxylation is 1. The van der Waals surface area contributed by atoms with Gasteiger partial charge in [-0.2, -0.15) is 0 Å². The first-order chi connectivity index (χ1) is 14.4. The zero-order valence-corrected chi connectivity index (χ0v) is 18.6. The number of hydrogen-bond acceptors (Lipinski definition) is 4. The van der Waals surface area contributed by atoms with Crippen LogP contribution < -0.4 is 10.2 Å². The minimum absolute atomic E-state index is 0.0264. The van der Waals surface area contributed by atoms with E-state index in [0.29, 0.717) is 5.69 Å². The zero-order valence-electron chi connectivity index (χ0n) is 16.2. The molecule has 1 fully saturated rings. The lowest BCUT2D eigenvalue weighted by Crippen LogP contribution is -2.54. The molecule has 1 N–H and O–H groups in total. The van der Waals surface area contributed by atoms with Gasteiger partial charge in [0, 0.05) is 33.9 Å². The summed E-state index contributed by atoms with van der Waals surface area (Å²) in [6.45, 7) is 3.92. The molecule has 6 nitrogen and oxygen atoms in total. The number of nitrogens with one attached hydrogen (secondary N) is 1. The number of rotatable bonds is 3. The van der Waals surface area contributed by atoms with Gasteiger partial charge in [-0.3, -0.25) is 24.8 Å². The van der Waals surface area contributed by atoms with Gasteiger partial charge < -0.3 is 4.57 Å². The Morgan fingerprint density at radius 2 is 1.80 bits per heavy atom. The number of pyridine rings is 1. The van der Waals surface area contributed by atoms with Crippen molar-refractivity contribution in [3.63, 3.8) is 0 Å². The molecule has 0 radical (unpaired) electrons. The van der Waals surface area contributed by atoms with Gasteiger partial charge in [0.25, 0.3) is 11.8 Å². The topological polar surface area (TPSA) is 67.2 Å². The molecule has 30 heavy (non-hydrogen) atoms. The highest BCUT2D eigenvalue weighted by Gasteiger charge is 2.34. The quantitative estimate of drug-likeness (QED) is 0.348. The minimum atomic E-state index is -0.509. The summed E-state index contributed by atoms with van der Waals surface area (Å²) >= 11 is 8.66. The summed E-state index contributed by atoms with van der Waals surface area (Å²) < 4.78 is 2.86. The van der Waals surface area contributed by atoms with Gasteiger partial charge in [-0.15, -0.1) is 0 Å². The number of aromatic nitrogens is 2. The lowest BCUT2D eigenvalue weighted by atomic mass is 10.1. The molecule has 0 aliphatic carbocycles. The van der Waals surface area contributed by atoms with Crippen molar-refractivity contribution in [1.29, 1.82) is 0 Å². The zero-order chi connectivity index (χ0) is 21.4. The molecule has 3 aromatic rings. The summed E-state index contributed by atoms with van der Waals surface area (Å²) in [4.78, 5) is 31.2. The van der Waals surface area contributed by atoms with Crippen LogP contribution >= 0.6 is 28.1 Å². The maximum Gasteiger partial charge on any atom is 0.270 e. The van der Waals surface area contributed by atoms with E-state index in [1.807, 2.05) is 38.1 Å². The SMILES string of the molecule is Cc1cc(/C=C2/C(=O)NC(=S)N(c3cccc(Br)c3)C2=O)c(C)n1-c1ccncc1. The van der Waals surface area contributed by atoms with Crippen LogP contribution in [0.2, 0.25) is 0 Å². The van der Waals surface area contributed by atoms with Gasteiger partial charge in [0.1, 0.15) is 5.57 Å². The van der Waals surface area contributed by atoms with Crippen LogP contribution in [0.3, 0.4) is 0 Å². The van der Waals surface area contributed by atoms with Crippen LogP contribution in [-0.2, 0) is 9.59 Å². The second-order valence-corrected chi connectivity index (χ2v) is 8.11. The van der Waals surface area contributed by atoms with E-state index >= 15 is 0 Å². The summed E-state index contributed by atoms with van der Waals surface area (Å²) in [6.07, 6.45) is 5.06. The molecule has 2 amide bonds. The minimum Gasteiger partial charge on any atom is -0.318 e. The number of carbonyl (C=O) groups excluding carboxylic acids is 2. The number of nitrogens with zero attached hydrogens (tertiary/aromatic N) is 3. The average Bonchev–Trinajstić information content (AvgIpc) is 2.99. The Balaban J connectivity index is 1.77. The van der Waals surface area contributed by atoms with Gasteiger partial charge in [-0.05, 0) is 74.1 Å². The molecule has 0 atom stereocenters. The second kappa shape index (κ2) is 7.97. The van der Waals surface area contributed by atoms with Crippen LogP contribution in [0.25, 0.3) is 11.8 Å². The van der Waals surface area contributed by atoms with Crippen molar-refractivity contribution in [1.82, 2.24) is 14.9 Å². The van der Waals surface area contributed by atoms with Crippen LogP contribution in [0.15, 0.2) is 64.9 Å². The van der Waals surface area contributed by atoms with Gasteiger partial charge in [0.05, 0.1) is 5.69 Å². The molecule has 2 aromatic heterocycles. The highest BCUT2D eigenvalue weighted by molar-refractivity contribution is 9.10. The largest absolute Gasteiger partial charge is 0.318 e. The number of carbonyl (C=O) groups is 2. The van der Waals surface area contributed by atoms with Crippen molar-refractivity contribution in [3.8, 4) is 5.69 Å². The van der Waals surface area contributed by atoms with Gasteiger partial charge in [-0.25, -0.2) is 0 Å². The first kappa shape index (κ1) is 20.2. The molecule has 1 saturated heterocycles. The summed E-state index contributed by atoms with van der Waals surface area (Å²) in [7, 11) is 0. The van der Waals surface area contributed by atoms with Gasteiger partial charge >= 0.3 is 0 Å². The lowest BCUT2D eigenvalue weighted by Gasteiger charge is -2.29. The Kier molecular flexibility index (Phi) is 5.36. The molecule has 8 heteroatoms. The molecule has 4 rings (SSSR count). The molecule has 0 spiro atoms. The number of anilines is 1. The lowest BCUT2D eigenvalue weighted by molar-refractivity contribution is -0.122. The number of halogens is 1. The number of thiocarbonyl (C=S) groups is 1. The Labute approximate surface area is 187 Å². The van der Waals surface area contributed by atoms with E-state index < -0.39 is 11.8 Å². The van der Waals surface area contributed by atoms with E-state index in [1.54, 1.807) is 36.7 Å². The number of benzene rings is 1. The average molecular weight is 481 g/mol. The third-order valence-electron chi connectivity index (χ3n) is 4.86. The maximum atomic E-state index is 13.2. The van der Waals surface area contributed by atoms with Gasteiger partial charge in [-0.1, -0.05) is 22.0 Å². The third-order valence-corrected chi connectivity index (χ3v) is 5.64. The standard InChI is InChI=1S/C22H17BrN4O2S/c1-13-10-15(14(2)26(13)17-6-8-24-9-7-17)11-19-20(28)25-22(30)27(21(19)29)18-5-3-4-16(23)12-18/h3-12H,1-2H3,(H,25,28,30)/b19-11-. The van der Waals surface area contributed by atoms with E-state index in [9.17, 15) is 9.59 Å². The monoisotopic (exact) mass is 480 g/mol. The molecular weight excluding hydrogens is 464 g/mol. The Hall–Kier alpha value is -3.10. The summed E-state index contributed by atoms with van der Waals surface area (Å²) in [5.74, 6) is -0.972. The van der Waals surface area contributed by atoms with Crippen molar-refractivity contribution in [2.75, 3.05) is 4.90 Å². The first-order valence-electron chi connectivity index (χ1n) is 9.13. The molecule has 1 aliphatic rings. The Morgan fingerprint density at radius 1 is 1.07 bits per heavy atom. The van der Waals surface area contributed by atoms with Crippen molar-refractivity contribution < 1.29 is 9.59 Å². The first-order valence-corrected chi connectivity index (χ1v) is 10.3. The Bertz CT molecular complexity index is 1220. The highest BCUT2D eigenvalue weighted by Crippen LogP contribution is 2.27. The fourth-order valence-electron chi connectivity index (χ4n) is 3.49. The Morgan fingerprint density at radius 3 is 2.50 bits per heavy atom. The fourth-order valence-corrected chi connectivity index (χ4v) is 4.16. The molecule has 3 heterocycles. The van der Waals surface area contributed by atoms with E-state index in [-0.39, 0.29) is 10.7 Å². The van der Waals surface area contributed by atoms with Crippen molar-refractivity contribution in [2.24, 2.45) is 0 Å². The van der Waals surface area contributed by atoms with Gasteiger partial charge in [0.15, 0.2) is 5.11 Å². The van der Waals surface area contributed by atoms with Crippen molar-refractivity contribution >= 4 is 56.8 Å². The highest BCUT2D eigenvalue weighted by atomic mass is 79.9. The van der Waals surface area contributed by atoms with Crippen molar-refractivity contribution in [3.05, 3.63) is 81.9 Å². The van der Waals surface area contributed by atoms with Crippen LogP contribution in [0.5, 0.6) is 0 Å². The summed E-state index contributed by atoms with van der Waals surface area (Å²) in [5, 5.41) is 2.68. The van der Waals surface area contributed by atoms with Crippen molar-refractivity contribution in [2.45, 2.75) is 13.8 Å². The van der Waals surface area contributed by atoms with Crippen LogP contribution in [0.4, 0.5) is 5.69 Å². The predicted octanol–water partition coefficient (Wildman–Crippen LogP) is 4.08. The smallest absolute Gasteiger partial charge is 0.270 e. The maximum absolute atomic E-state index is 13.2. The normalized spacial score (nSPS) is 15.6. The second-order valence-electron chi connectivity index (χ2n) is 6.81. The predicted molar refractivity (Wildman–Crippen MR) is 123 cm³/mol. The van der Waals surface area contributed by atoms with E-state index in [4.69, 9.17) is 12.2 Å². The third kappa shape index (κ3) is 3.59. The molecule has 150 valence electrons. The molecular formula is C22H17BrN4O2S. The van der Waals surface area contributed by atoms with E-state index in [0.717, 1.165) is 27.1 Å². The fraction of sp³-hybridized carbons (Fsp3) is 0.0909. The van der Waals surface area contributed by atoms with Crippen LogP contribution in [0.1, 0.15) is 17.0 Å². The van der Waals surface area contributed by atoms with E-state index in [2.05, 4.69) is 30.8 Å². The summed E-state index contributed by atoms with van der Waals surface area (Å²) in [6, 6.07) is 12.9. The molecule has 1 aromatic carbocycles. The van der Waals surface area contributed by atoms with Crippen LogP contribution in [0, 0.1) is 13.8 Å². The van der Waals surface area contributed by atoms with E-state index in [1.165, 1.54) is 4.90 Å². The van der Waals surface area contributed by atoms with Crippen LogP contribution in [-0.4, -0.2) is 26.5 Å². The molecule has 0 bridgehead atoms. The number of amides is 2. The molecule has 0 saturated carbocycles. The molecule has 1 aliphatic heterocycles. The van der Waals surface area contributed by atoms with Gasteiger partial charge in [0.2, 0.25) is 0 Å². The molecule has 0 unspecified atom stereocenters.